The summed E-state index contributed by atoms with van der Waals surface area (Å²) in [5, 5.41) is 0. The van der Waals surface area contributed by atoms with E-state index in [1.165, 1.54) is 6.40 Å². The van der Waals surface area contributed by atoms with Gasteiger partial charge in [0.15, 0.2) is 18.5 Å². The molecule has 0 N–H and O–H groups in total. The first-order chi connectivity index (χ1) is 8.76. The highest BCUT2D eigenvalue weighted by Crippen LogP contribution is 2.28. The maximum Gasteiger partial charge on any atom is 0.335 e. The molecule has 0 unspecified atom stereocenters. The molecule has 0 radical (unpaired) electrons. The molecule has 0 saturated carbocycles. The van der Waals surface area contributed by atoms with Crippen LogP contribution in [0.5, 0.6) is 5.88 Å². The van der Waals surface area contributed by atoms with Crippen LogP contribution < -0.4 is 4.74 Å². The molecule has 96 valence electrons. The highest BCUT2D eigenvalue weighted by molar-refractivity contribution is 5.80. The van der Waals surface area contributed by atoms with Crippen molar-refractivity contribution in [1.29, 1.82) is 0 Å². The van der Waals surface area contributed by atoms with E-state index in [4.69, 9.17) is 14.2 Å². The predicted octanol–water partition coefficient (Wildman–Crippen LogP) is 1.12. The first-order valence-corrected chi connectivity index (χ1v) is 5.60. The van der Waals surface area contributed by atoms with Crippen molar-refractivity contribution in [3.8, 4) is 5.88 Å². The summed E-state index contributed by atoms with van der Waals surface area (Å²) in [6.07, 6.45) is 2.39. The number of hydrogen-bond donors (Lipinski definition) is 0. The Bertz CT molecular complexity index is 444. The molecule has 6 nitrogen and oxygen atoms in total. The molecule has 18 heavy (non-hydrogen) atoms. The van der Waals surface area contributed by atoms with Crippen molar-refractivity contribution in [3.05, 3.63) is 23.9 Å². The molecule has 0 bridgehead atoms. The molecule has 0 fully saturated rings. The SMILES string of the molecule is CCOC(=O)[C@H]1N=CO[C@H]1c1ccc(OC)nc1. The molecule has 1 aromatic rings. The summed E-state index contributed by atoms with van der Waals surface area (Å²) in [5.74, 6) is 0.109. The zero-order valence-electron chi connectivity index (χ0n) is 10.2. The van der Waals surface area contributed by atoms with Crippen molar-refractivity contribution in [3.63, 3.8) is 0 Å². The zero-order chi connectivity index (χ0) is 13.0. The van der Waals surface area contributed by atoms with E-state index in [1.807, 2.05) is 0 Å². The number of carbonyl (C=O) groups excluding carboxylic acids is 1. The summed E-state index contributed by atoms with van der Waals surface area (Å²) in [7, 11) is 1.54. The molecule has 0 spiro atoms. The first-order valence-electron chi connectivity index (χ1n) is 5.60. The minimum atomic E-state index is -0.667. The minimum Gasteiger partial charge on any atom is -0.481 e. The Balaban J connectivity index is 2.14. The van der Waals surface area contributed by atoms with Gasteiger partial charge in [0.1, 0.15) is 0 Å². The van der Waals surface area contributed by atoms with Crippen molar-refractivity contribution in [2.75, 3.05) is 13.7 Å². The van der Waals surface area contributed by atoms with Crippen molar-refractivity contribution < 1.29 is 19.0 Å². The molecule has 1 aromatic heterocycles. The molecular weight excluding hydrogens is 236 g/mol. The Labute approximate surface area is 105 Å². The van der Waals surface area contributed by atoms with Crippen LogP contribution >= 0.6 is 0 Å². The second-order valence-electron chi connectivity index (χ2n) is 3.64. The highest BCUT2D eigenvalue weighted by Gasteiger charge is 2.35. The van der Waals surface area contributed by atoms with Crippen LogP contribution in [0.15, 0.2) is 23.3 Å². The van der Waals surface area contributed by atoms with Crippen LogP contribution in [-0.4, -0.2) is 37.1 Å². The van der Waals surface area contributed by atoms with Gasteiger partial charge in [0.25, 0.3) is 0 Å². The van der Waals surface area contributed by atoms with Crippen LogP contribution in [0.1, 0.15) is 18.6 Å². The number of carbonyl (C=O) groups is 1. The normalized spacial score (nSPS) is 21.4. The number of aromatic nitrogens is 1. The Morgan fingerprint density at radius 3 is 2.94 bits per heavy atom. The van der Waals surface area contributed by atoms with Crippen molar-refractivity contribution in [1.82, 2.24) is 4.98 Å². The first kappa shape index (κ1) is 12.3. The summed E-state index contributed by atoms with van der Waals surface area (Å²) in [4.78, 5) is 19.7. The monoisotopic (exact) mass is 250 g/mol. The number of hydrogen-bond acceptors (Lipinski definition) is 6. The lowest BCUT2D eigenvalue weighted by Crippen LogP contribution is -2.26. The third-order valence-corrected chi connectivity index (χ3v) is 2.54. The Hall–Kier alpha value is -2.11. The van der Waals surface area contributed by atoms with E-state index >= 15 is 0 Å². The Morgan fingerprint density at radius 1 is 1.50 bits per heavy atom. The van der Waals surface area contributed by atoms with Gasteiger partial charge in [-0.3, -0.25) is 0 Å². The quantitative estimate of drug-likeness (QED) is 0.749. The maximum absolute atomic E-state index is 11.7. The number of pyridine rings is 1. The van der Waals surface area contributed by atoms with E-state index in [2.05, 4.69) is 9.98 Å². The third-order valence-electron chi connectivity index (χ3n) is 2.54. The molecule has 0 aliphatic carbocycles. The lowest BCUT2D eigenvalue weighted by molar-refractivity contribution is -0.146. The van der Waals surface area contributed by atoms with Crippen molar-refractivity contribution >= 4 is 12.4 Å². The topological polar surface area (TPSA) is 70.0 Å². The van der Waals surface area contributed by atoms with Gasteiger partial charge in [0, 0.05) is 17.8 Å². The van der Waals surface area contributed by atoms with Gasteiger partial charge in [-0.1, -0.05) is 0 Å². The van der Waals surface area contributed by atoms with E-state index in [1.54, 1.807) is 32.4 Å². The van der Waals surface area contributed by atoms with Crippen LogP contribution in [0.2, 0.25) is 0 Å². The standard InChI is InChI=1S/C12H14N2O4/c1-3-17-12(15)10-11(18-7-14-10)8-4-5-9(16-2)13-6-8/h4-7,10-11H,3H2,1-2H3/t10-,11-/m0/s1. The fourth-order valence-corrected chi connectivity index (χ4v) is 1.67. The second-order valence-corrected chi connectivity index (χ2v) is 3.64. The molecule has 6 heteroatoms. The maximum atomic E-state index is 11.7. The number of esters is 1. The molecule has 0 aromatic carbocycles. The van der Waals surface area contributed by atoms with Crippen LogP contribution in [-0.2, 0) is 14.3 Å². The number of aliphatic imine (C=N–C) groups is 1. The van der Waals surface area contributed by atoms with Gasteiger partial charge in [-0.25, -0.2) is 14.8 Å². The summed E-state index contributed by atoms with van der Waals surface area (Å²) in [6, 6.07) is 2.83. The average Bonchev–Trinajstić information content (AvgIpc) is 2.88. The van der Waals surface area contributed by atoms with Gasteiger partial charge in [0.2, 0.25) is 5.88 Å². The fourth-order valence-electron chi connectivity index (χ4n) is 1.67. The van der Waals surface area contributed by atoms with Gasteiger partial charge in [0.05, 0.1) is 13.7 Å². The molecule has 2 atom stereocenters. The fraction of sp³-hybridized carbons (Fsp3) is 0.417. The smallest absolute Gasteiger partial charge is 0.335 e. The van der Waals surface area contributed by atoms with Crippen LogP contribution in [0.4, 0.5) is 0 Å². The average molecular weight is 250 g/mol. The van der Waals surface area contributed by atoms with Crippen LogP contribution in [0, 0.1) is 0 Å². The number of nitrogens with zero attached hydrogens (tertiary/aromatic N) is 2. The minimum absolute atomic E-state index is 0.318. The number of ether oxygens (including phenoxy) is 3. The Kier molecular flexibility index (Phi) is 3.76. The van der Waals surface area contributed by atoms with Gasteiger partial charge in [-0.15, -0.1) is 0 Å². The van der Waals surface area contributed by atoms with Crippen LogP contribution in [0.3, 0.4) is 0 Å². The van der Waals surface area contributed by atoms with Gasteiger partial charge < -0.3 is 14.2 Å². The second kappa shape index (κ2) is 5.48. The lowest BCUT2D eigenvalue weighted by atomic mass is 10.1. The summed E-state index contributed by atoms with van der Waals surface area (Å²) in [5.41, 5.74) is 0.756. The molecule has 2 rings (SSSR count). The van der Waals surface area contributed by atoms with E-state index in [-0.39, 0.29) is 0 Å². The molecule has 1 aliphatic heterocycles. The number of rotatable bonds is 4. The third kappa shape index (κ3) is 2.42. The van der Waals surface area contributed by atoms with E-state index in [0.717, 1.165) is 5.56 Å². The number of methoxy groups -OCH3 is 1. The van der Waals surface area contributed by atoms with E-state index in [9.17, 15) is 4.79 Å². The lowest BCUT2D eigenvalue weighted by Gasteiger charge is -2.16. The van der Waals surface area contributed by atoms with Crippen molar-refractivity contribution in [2.24, 2.45) is 4.99 Å². The van der Waals surface area contributed by atoms with Gasteiger partial charge in [-0.2, -0.15) is 0 Å². The molecular formula is C12H14N2O4. The summed E-state index contributed by atoms with van der Waals surface area (Å²) in [6.45, 7) is 2.07. The van der Waals surface area contributed by atoms with E-state index in [0.29, 0.717) is 12.5 Å². The summed E-state index contributed by atoms with van der Waals surface area (Å²) >= 11 is 0. The van der Waals surface area contributed by atoms with E-state index < -0.39 is 18.1 Å². The molecule has 1 aliphatic rings. The largest absolute Gasteiger partial charge is 0.481 e. The highest BCUT2D eigenvalue weighted by atomic mass is 16.5. The molecule has 0 saturated heterocycles. The van der Waals surface area contributed by atoms with Gasteiger partial charge in [-0.05, 0) is 13.0 Å². The van der Waals surface area contributed by atoms with Crippen molar-refractivity contribution in [2.45, 2.75) is 19.1 Å². The Morgan fingerprint density at radius 2 is 2.33 bits per heavy atom. The molecule has 0 amide bonds. The molecule has 2 heterocycles. The summed E-state index contributed by atoms with van der Waals surface area (Å²) < 4.78 is 15.2. The zero-order valence-corrected chi connectivity index (χ0v) is 10.2. The predicted molar refractivity (Wildman–Crippen MR) is 63.5 cm³/mol. The van der Waals surface area contributed by atoms with Crippen LogP contribution in [0.25, 0.3) is 0 Å². The van der Waals surface area contributed by atoms with Gasteiger partial charge >= 0.3 is 5.97 Å².